The zero-order valence-electron chi connectivity index (χ0n) is 8.01. The lowest BCUT2D eigenvalue weighted by molar-refractivity contribution is 0.0294. The van der Waals surface area contributed by atoms with Crippen LogP contribution in [0, 0.1) is 0 Å². The first-order valence-corrected chi connectivity index (χ1v) is 4.50. The lowest BCUT2D eigenvalue weighted by atomic mass is 10.4. The molecule has 0 radical (unpaired) electrons. The molecular formula is C8H12N4O2. The van der Waals surface area contributed by atoms with E-state index in [0.717, 1.165) is 0 Å². The van der Waals surface area contributed by atoms with Crippen molar-refractivity contribution in [2.75, 3.05) is 26.3 Å². The highest BCUT2D eigenvalue weighted by atomic mass is 16.5. The van der Waals surface area contributed by atoms with Gasteiger partial charge in [0.25, 0.3) is 5.91 Å². The van der Waals surface area contributed by atoms with Crippen LogP contribution < -0.4 is 0 Å². The average molecular weight is 196 g/mol. The molecule has 1 aliphatic heterocycles. The van der Waals surface area contributed by atoms with Crippen LogP contribution in [0.15, 0.2) is 6.33 Å². The van der Waals surface area contributed by atoms with E-state index in [1.54, 1.807) is 11.9 Å². The molecule has 1 amide bonds. The molecule has 0 saturated carbocycles. The van der Waals surface area contributed by atoms with Gasteiger partial charge < -0.3 is 9.64 Å². The molecule has 0 bridgehead atoms. The number of carbonyl (C=O) groups excluding carboxylic acids is 1. The van der Waals surface area contributed by atoms with Crippen molar-refractivity contribution in [1.82, 2.24) is 19.7 Å². The lowest BCUT2D eigenvalue weighted by Gasteiger charge is -2.25. The monoisotopic (exact) mass is 196 g/mol. The molecule has 1 aromatic heterocycles. The number of hydrogen-bond donors (Lipinski definition) is 0. The molecule has 1 aromatic rings. The van der Waals surface area contributed by atoms with Crippen molar-refractivity contribution in [1.29, 1.82) is 0 Å². The van der Waals surface area contributed by atoms with Gasteiger partial charge in [-0.2, -0.15) is 0 Å². The third-order valence-corrected chi connectivity index (χ3v) is 2.09. The average Bonchev–Trinajstić information content (AvgIpc) is 2.65. The molecule has 6 heteroatoms. The van der Waals surface area contributed by atoms with Crippen molar-refractivity contribution in [2.24, 2.45) is 7.05 Å². The third kappa shape index (κ3) is 1.74. The van der Waals surface area contributed by atoms with Crippen LogP contribution in [0.5, 0.6) is 0 Å². The fourth-order valence-corrected chi connectivity index (χ4v) is 1.35. The van der Waals surface area contributed by atoms with Gasteiger partial charge in [0.2, 0.25) is 5.82 Å². The normalized spacial score (nSPS) is 17.1. The van der Waals surface area contributed by atoms with Gasteiger partial charge >= 0.3 is 0 Å². The van der Waals surface area contributed by atoms with Crippen LogP contribution in [0.1, 0.15) is 10.6 Å². The number of ether oxygens (including phenoxy) is 1. The lowest BCUT2D eigenvalue weighted by Crippen LogP contribution is -2.41. The Morgan fingerprint density at radius 2 is 2.21 bits per heavy atom. The summed E-state index contributed by atoms with van der Waals surface area (Å²) in [5, 5.41) is 3.96. The van der Waals surface area contributed by atoms with Crippen molar-refractivity contribution in [3.05, 3.63) is 12.2 Å². The molecule has 0 atom stereocenters. The Labute approximate surface area is 81.5 Å². The molecule has 14 heavy (non-hydrogen) atoms. The van der Waals surface area contributed by atoms with Crippen molar-refractivity contribution in [3.63, 3.8) is 0 Å². The van der Waals surface area contributed by atoms with Gasteiger partial charge in [-0.25, -0.2) is 4.98 Å². The van der Waals surface area contributed by atoms with Crippen LogP contribution in [-0.2, 0) is 11.8 Å². The SMILES string of the molecule is Cn1cnc(C(=O)N2CCOCC2)n1. The van der Waals surface area contributed by atoms with E-state index in [1.165, 1.54) is 11.0 Å². The van der Waals surface area contributed by atoms with Crippen LogP contribution in [-0.4, -0.2) is 51.9 Å². The van der Waals surface area contributed by atoms with Gasteiger partial charge in [-0.15, -0.1) is 5.10 Å². The highest BCUT2D eigenvalue weighted by molar-refractivity contribution is 5.90. The number of carbonyl (C=O) groups is 1. The molecule has 0 aromatic carbocycles. The molecule has 1 aliphatic rings. The summed E-state index contributed by atoms with van der Waals surface area (Å²) < 4.78 is 6.67. The maximum atomic E-state index is 11.7. The number of amides is 1. The molecular weight excluding hydrogens is 184 g/mol. The van der Waals surface area contributed by atoms with Crippen molar-refractivity contribution in [2.45, 2.75) is 0 Å². The van der Waals surface area contributed by atoms with E-state index < -0.39 is 0 Å². The topological polar surface area (TPSA) is 60.2 Å². The largest absolute Gasteiger partial charge is 0.378 e. The molecule has 1 fully saturated rings. The van der Waals surface area contributed by atoms with Gasteiger partial charge in [0.15, 0.2) is 0 Å². The first-order chi connectivity index (χ1) is 6.77. The number of aryl methyl sites for hydroxylation is 1. The second-order valence-corrected chi connectivity index (χ2v) is 3.15. The van der Waals surface area contributed by atoms with Gasteiger partial charge in [0, 0.05) is 20.1 Å². The molecule has 2 heterocycles. The van der Waals surface area contributed by atoms with E-state index in [0.29, 0.717) is 26.3 Å². The van der Waals surface area contributed by atoms with Crippen LogP contribution >= 0.6 is 0 Å². The second kappa shape index (κ2) is 3.75. The van der Waals surface area contributed by atoms with Crippen molar-refractivity contribution in [3.8, 4) is 0 Å². The number of nitrogens with zero attached hydrogens (tertiary/aromatic N) is 4. The Hall–Kier alpha value is -1.43. The summed E-state index contributed by atoms with van der Waals surface area (Å²) in [7, 11) is 1.74. The predicted molar refractivity (Wildman–Crippen MR) is 47.7 cm³/mol. The minimum Gasteiger partial charge on any atom is -0.378 e. The summed E-state index contributed by atoms with van der Waals surface area (Å²) in [5.41, 5.74) is 0. The Morgan fingerprint density at radius 1 is 1.50 bits per heavy atom. The van der Waals surface area contributed by atoms with E-state index >= 15 is 0 Å². The zero-order chi connectivity index (χ0) is 9.97. The summed E-state index contributed by atoms with van der Waals surface area (Å²) >= 11 is 0. The van der Waals surface area contributed by atoms with Gasteiger partial charge in [-0.05, 0) is 0 Å². The summed E-state index contributed by atoms with van der Waals surface area (Å²) in [4.78, 5) is 17.4. The van der Waals surface area contributed by atoms with Crippen LogP contribution in [0.25, 0.3) is 0 Å². The number of morpholine rings is 1. The first-order valence-electron chi connectivity index (χ1n) is 4.50. The second-order valence-electron chi connectivity index (χ2n) is 3.15. The molecule has 2 rings (SSSR count). The molecule has 0 unspecified atom stereocenters. The summed E-state index contributed by atoms with van der Waals surface area (Å²) in [6.07, 6.45) is 1.52. The van der Waals surface area contributed by atoms with Crippen molar-refractivity contribution < 1.29 is 9.53 Å². The maximum Gasteiger partial charge on any atom is 0.293 e. The minimum atomic E-state index is -0.117. The molecule has 76 valence electrons. The fraction of sp³-hybridized carbons (Fsp3) is 0.625. The van der Waals surface area contributed by atoms with E-state index in [4.69, 9.17) is 4.74 Å². The fourth-order valence-electron chi connectivity index (χ4n) is 1.35. The zero-order valence-corrected chi connectivity index (χ0v) is 8.01. The smallest absolute Gasteiger partial charge is 0.293 e. The van der Waals surface area contributed by atoms with E-state index in [2.05, 4.69) is 10.1 Å². The predicted octanol–water partition coefficient (Wildman–Crippen LogP) is -0.713. The standard InChI is InChI=1S/C8H12N4O2/c1-11-6-9-7(10-11)8(13)12-2-4-14-5-3-12/h6H,2-5H2,1H3. The van der Waals surface area contributed by atoms with Crippen LogP contribution in [0.4, 0.5) is 0 Å². The van der Waals surface area contributed by atoms with E-state index in [-0.39, 0.29) is 11.7 Å². The van der Waals surface area contributed by atoms with Gasteiger partial charge in [0.05, 0.1) is 13.2 Å². The number of rotatable bonds is 1. The van der Waals surface area contributed by atoms with Gasteiger partial charge in [-0.3, -0.25) is 9.48 Å². The Kier molecular flexibility index (Phi) is 2.45. The Morgan fingerprint density at radius 3 is 2.79 bits per heavy atom. The van der Waals surface area contributed by atoms with E-state index in [1.807, 2.05) is 0 Å². The number of hydrogen-bond acceptors (Lipinski definition) is 4. The first kappa shape index (κ1) is 9.14. The highest BCUT2D eigenvalue weighted by Crippen LogP contribution is 2.02. The molecule has 1 saturated heterocycles. The Bertz CT molecular complexity index is 330. The van der Waals surface area contributed by atoms with Crippen LogP contribution in [0.3, 0.4) is 0 Å². The molecule has 0 spiro atoms. The highest BCUT2D eigenvalue weighted by Gasteiger charge is 2.21. The third-order valence-electron chi connectivity index (χ3n) is 2.09. The van der Waals surface area contributed by atoms with E-state index in [9.17, 15) is 4.79 Å². The quantitative estimate of drug-likeness (QED) is 0.595. The van der Waals surface area contributed by atoms with Crippen molar-refractivity contribution >= 4 is 5.91 Å². The summed E-state index contributed by atoms with van der Waals surface area (Å²) in [5.74, 6) is 0.142. The summed E-state index contributed by atoms with van der Waals surface area (Å²) in [6.45, 7) is 2.44. The molecule has 0 aliphatic carbocycles. The maximum absolute atomic E-state index is 11.7. The summed E-state index contributed by atoms with van der Waals surface area (Å²) in [6, 6.07) is 0. The Balaban J connectivity index is 2.07. The van der Waals surface area contributed by atoms with Gasteiger partial charge in [0.1, 0.15) is 6.33 Å². The number of aromatic nitrogens is 3. The molecule has 0 N–H and O–H groups in total. The minimum absolute atomic E-state index is 0.117. The van der Waals surface area contributed by atoms with Crippen LogP contribution in [0.2, 0.25) is 0 Å². The molecule has 6 nitrogen and oxygen atoms in total. The van der Waals surface area contributed by atoms with Gasteiger partial charge in [-0.1, -0.05) is 0 Å².